The van der Waals surface area contributed by atoms with Gasteiger partial charge in [0, 0.05) is 30.5 Å². The van der Waals surface area contributed by atoms with Gasteiger partial charge in [0.1, 0.15) is 5.82 Å². The van der Waals surface area contributed by atoms with E-state index in [0.717, 1.165) is 17.0 Å². The zero-order valence-electron chi connectivity index (χ0n) is 16.9. The lowest BCUT2D eigenvalue weighted by Crippen LogP contribution is -2.10. The first kappa shape index (κ1) is 20.3. The van der Waals surface area contributed by atoms with Gasteiger partial charge in [0.25, 0.3) is 0 Å². The predicted octanol–water partition coefficient (Wildman–Crippen LogP) is 4.67. The molecule has 0 unspecified atom stereocenters. The van der Waals surface area contributed by atoms with Crippen molar-refractivity contribution in [3.8, 4) is 11.4 Å². The van der Waals surface area contributed by atoms with E-state index in [1.807, 2.05) is 36.1 Å². The Labute approximate surface area is 169 Å². The van der Waals surface area contributed by atoms with Crippen LogP contribution in [0.5, 0.6) is 0 Å². The Bertz CT molecular complexity index is 1010. The fourth-order valence-corrected chi connectivity index (χ4v) is 3.94. The SMILES string of the molecule is Cc1cc(C(=O)CSc2nnc(-c3ccccc3F)n2CC(C)C)c(C)n1C. The van der Waals surface area contributed by atoms with Crippen molar-refractivity contribution in [1.82, 2.24) is 19.3 Å². The minimum absolute atomic E-state index is 0.0535. The topological polar surface area (TPSA) is 52.7 Å². The molecule has 0 radical (unpaired) electrons. The average molecular weight is 401 g/mol. The lowest BCUT2D eigenvalue weighted by atomic mass is 10.2. The van der Waals surface area contributed by atoms with E-state index in [2.05, 4.69) is 24.0 Å². The molecule has 0 bridgehead atoms. The second-order valence-corrected chi connectivity index (χ2v) is 8.29. The van der Waals surface area contributed by atoms with Crippen LogP contribution < -0.4 is 0 Å². The summed E-state index contributed by atoms with van der Waals surface area (Å²) >= 11 is 1.35. The molecule has 0 fully saturated rings. The van der Waals surface area contributed by atoms with Gasteiger partial charge in [-0.25, -0.2) is 4.39 Å². The molecule has 0 amide bonds. The number of rotatable bonds is 7. The molecule has 7 heteroatoms. The van der Waals surface area contributed by atoms with Crippen molar-refractivity contribution in [2.45, 2.75) is 39.4 Å². The highest BCUT2D eigenvalue weighted by atomic mass is 32.2. The number of hydrogen-bond acceptors (Lipinski definition) is 4. The molecule has 0 spiro atoms. The van der Waals surface area contributed by atoms with E-state index in [4.69, 9.17) is 0 Å². The monoisotopic (exact) mass is 400 g/mol. The summed E-state index contributed by atoms with van der Waals surface area (Å²) in [6.45, 7) is 8.75. The van der Waals surface area contributed by atoms with Crippen LogP contribution in [0, 0.1) is 25.6 Å². The lowest BCUT2D eigenvalue weighted by molar-refractivity contribution is 0.102. The van der Waals surface area contributed by atoms with Crippen LogP contribution >= 0.6 is 11.8 Å². The maximum Gasteiger partial charge on any atom is 0.191 e. The van der Waals surface area contributed by atoms with Crippen LogP contribution in [-0.4, -0.2) is 30.9 Å². The van der Waals surface area contributed by atoms with Crippen molar-refractivity contribution in [2.75, 3.05) is 5.75 Å². The van der Waals surface area contributed by atoms with Gasteiger partial charge in [-0.05, 0) is 38.0 Å². The van der Waals surface area contributed by atoms with Crippen LogP contribution in [0.25, 0.3) is 11.4 Å². The number of nitrogens with zero attached hydrogens (tertiary/aromatic N) is 4. The van der Waals surface area contributed by atoms with Crippen LogP contribution in [0.3, 0.4) is 0 Å². The van der Waals surface area contributed by atoms with Gasteiger partial charge in [0.05, 0.1) is 11.3 Å². The average Bonchev–Trinajstić information content (AvgIpc) is 3.15. The Hall–Kier alpha value is -2.41. The van der Waals surface area contributed by atoms with Crippen molar-refractivity contribution in [3.05, 3.63) is 53.1 Å². The Morgan fingerprint density at radius 2 is 1.93 bits per heavy atom. The third kappa shape index (κ3) is 4.04. The molecule has 3 aromatic rings. The summed E-state index contributed by atoms with van der Waals surface area (Å²) in [5.41, 5.74) is 3.16. The third-order valence-corrected chi connectivity index (χ3v) is 5.75. The van der Waals surface area contributed by atoms with Gasteiger partial charge in [-0.15, -0.1) is 10.2 Å². The highest BCUT2D eigenvalue weighted by molar-refractivity contribution is 7.99. The Kier molecular flexibility index (Phi) is 6.03. The quantitative estimate of drug-likeness (QED) is 0.427. The maximum absolute atomic E-state index is 14.3. The Morgan fingerprint density at radius 1 is 1.21 bits per heavy atom. The summed E-state index contributed by atoms with van der Waals surface area (Å²) in [5, 5.41) is 9.10. The zero-order chi connectivity index (χ0) is 20.4. The molecule has 5 nitrogen and oxygen atoms in total. The number of carbonyl (C=O) groups is 1. The van der Waals surface area contributed by atoms with Crippen molar-refractivity contribution in [3.63, 3.8) is 0 Å². The maximum atomic E-state index is 14.3. The van der Waals surface area contributed by atoms with Crippen LogP contribution in [0.1, 0.15) is 35.6 Å². The summed E-state index contributed by atoms with van der Waals surface area (Å²) in [6, 6.07) is 8.47. The molecule has 3 rings (SSSR count). The number of Topliss-reactive ketones (excluding diaryl/α,β-unsaturated/α-hetero) is 1. The van der Waals surface area contributed by atoms with Crippen molar-refractivity contribution >= 4 is 17.5 Å². The fourth-order valence-electron chi connectivity index (χ4n) is 3.11. The van der Waals surface area contributed by atoms with Crippen LogP contribution in [0.4, 0.5) is 4.39 Å². The van der Waals surface area contributed by atoms with Gasteiger partial charge < -0.3 is 9.13 Å². The predicted molar refractivity (Wildman–Crippen MR) is 110 cm³/mol. The van der Waals surface area contributed by atoms with Gasteiger partial charge >= 0.3 is 0 Å². The molecule has 0 saturated heterocycles. The first-order valence-corrected chi connectivity index (χ1v) is 10.2. The molecule has 0 N–H and O–H groups in total. The summed E-state index contributed by atoms with van der Waals surface area (Å²) in [6.07, 6.45) is 0. The van der Waals surface area contributed by atoms with E-state index in [0.29, 0.717) is 29.0 Å². The molecule has 0 aliphatic heterocycles. The highest BCUT2D eigenvalue weighted by Gasteiger charge is 2.20. The Morgan fingerprint density at radius 3 is 2.54 bits per heavy atom. The molecule has 0 saturated carbocycles. The van der Waals surface area contributed by atoms with Crippen LogP contribution in [0.2, 0.25) is 0 Å². The summed E-state index contributed by atoms with van der Waals surface area (Å²) in [5.74, 6) is 0.808. The first-order valence-electron chi connectivity index (χ1n) is 9.26. The van der Waals surface area contributed by atoms with E-state index in [1.54, 1.807) is 18.2 Å². The molecule has 0 aliphatic carbocycles. The lowest BCUT2D eigenvalue weighted by Gasteiger charge is -2.12. The number of halogens is 1. The second kappa shape index (κ2) is 8.31. The van der Waals surface area contributed by atoms with Gasteiger partial charge in [0.15, 0.2) is 16.8 Å². The third-order valence-electron chi connectivity index (χ3n) is 4.79. The number of ketones is 1. The standard InChI is InChI=1S/C21H25FN4OS/c1-13(2)11-26-20(16-8-6-7-9-18(16)22)23-24-21(26)28-12-19(27)17-10-14(3)25(5)15(17)4/h6-10,13H,11-12H2,1-5H3. The van der Waals surface area contributed by atoms with Crippen LogP contribution in [-0.2, 0) is 13.6 Å². The summed E-state index contributed by atoms with van der Waals surface area (Å²) in [4.78, 5) is 12.7. The second-order valence-electron chi connectivity index (χ2n) is 7.35. The number of aryl methyl sites for hydroxylation is 1. The largest absolute Gasteiger partial charge is 0.351 e. The minimum atomic E-state index is -0.331. The number of carbonyl (C=O) groups excluding carboxylic acids is 1. The Balaban J connectivity index is 1.87. The number of aromatic nitrogens is 4. The van der Waals surface area contributed by atoms with E-state index in [9.17, 15) is 9.18 Å². The highest BCUT2D eigenvalue weighted by Crippen LogP contribution is 2.27. The summed E-state index contributed by atoms with van der Waals surface area (Å²) < 4.78 is 18.2. The molecule has 1 aromatic carbocycles. The van der Waals surface area contributed by atoms with Gasteiger partial charge in [-0.1, -0.05) is 37.7 Å². The normalized spacial score (nSPS) is 11.4. The van der Waals surface area contributed by atoms with Gasteiger partial charge in [-0.2, -0.15) is 0 Å². The van der Waals surface area contributed by atoms with E-state index >= 15 is 0 Å². The molecule has 0 aliphatic rings. The van der Waals surface area contributed by atoms with Crippen molar-refractivity contribution in [2.24, 2.45) is 13.0 Å². The zero-order valence-corrected chi connectivity index (χ0v) is 17.7. The van der Waals surface area contributed by atoms with Crippen molar-refractivity contribution in [1.29, 1.82) is 0 Å². The van der Waals surface area contributed by atoms with E-state index in [1.165, 1.54) is 17.8 Å². The molecule has 2 heterocycles. The van der Waals surface area contributed by atoms with Gasteiger partial charge in [0.2, 0.25) is 0 Å². The number of hydrogen-bond donors (Lipinski definition) is 0. The first-order chi connectivity index (χ1) is 13.3. The summed E-state index contributed by atoms with van der Waals surface area (Å²) in [7, 11) is 1.95. The fraction of sp³-hybridized carbons (Fsp3) is 0.381. The molecular formula is C21H25FN4OS. The minimum Gasteiger partial charge on any atom is -0.351 e. The van der Waals surface area contributed by atoms with Crippen LogP contribution in [0.15, 0.2) is 35.5 Å². The van der Waals surface area contributed by atoms with E-state index in [-0.39, 0.29) is 17.4 Å². The number of benzene rings is 1. The molecule has 2 aromatic heterocycles. The smallest absolute Gasteiger partial charge is 0.191 e. The number of thioether (sulfide) groups is 1. The molecule has 148 valence electrons. The molecular weight excluding hydrogens is 375 g/mol. The van der Waals surface area contributed by atoms with E-state index < -0.39 is 0 Å². The molecule has 28 heavy (non-hydrogen) atoms. The van der Waals surface area contributed by atoms with Crippen molar-refractivity contribution < 1.29 is 9.18 Å². The van der Waals surface area contributed by atoms with Gasteiger partial charge in [-0.3, -0.25) is 4.79 Å². The molecule has 0 atom stereocenters.